The summed E-state index contributed by atoms with van der Waals surface area (Å²) in [6, 6.07) is 13.7. The van der Waals surface area contributed by atoms with E-state index in [-0.39, 0.29) is 12.2 Å². The van der Waals surface area contributed by atoms with Crippen molar-refractivity contribution in [2.24, 2.45) is 0 Å². The first-order valence-corrected chi connectivity index (χ1v) is 9.97. The van der Waals surface area contributed by atoms with Crippen molar-refractivity contribution in [1.29, 1.82) is 0 Å². The maximum atomic E-state index is 12.5. The second kappa shape index (κ2) is 9.86. The van der Waals surface area contributed by atoms with Gasteiger partial charge in [0.1, 0.15) is 0 Å². The van der Waals surface area contributed by atoms with Crippen LogP contribution in [0.4, 0.5) is 0 Å². The number of H-pyrrole nitrogens is 1. The van der Waals surface area contributed by atoms with Crippen molar-refractivity contribution in [1.82, 2.24) is 4.98 Å². The number of hydrogen-bond donors (Lipinski definition) is 1. The van der Waals surface area contributed by atoms with Gasteiger partial charge >= 0.3 is 0 Å². The van der Waals surface area contributed by atoms with Crippen LogP contribution in [0.1, 0.15) is 61.2 Å². The van der Waals surface area contributed by atoms with Crippen LogP contribution in [0.3, 0.4) is 0 Å². The Balaban J connectivity index is 0.000000614. The van der Waals surface area contributed by atoms with Gasteiger partial charge in [0.15, 0.2) is 0 Å². The van der Waals surface area contributed by atoms with Crippen molar-refractivity contribution in [3.05, 3.63) is 70.9 Å². The average Bonchev–Trinajstić information content (AvgIpc) is 3.37. The fourth-order valence-electron chi connectivity index (χ4n) is 3.41. The second-order valence-electron chi connectivity index (χ2n) is 6.13. The number of para-hydroxylation sites is 1. The predicted octanol–water partition coefficient (Wildman–Crippen LogP) is 5.70. The summed E-state index contributed by atoms with van der Waals surface area (Å²) in [5.74, 6) is -0.768. The van der Waals surface area contributed by atoms with Crippen molar-refractivity contribution in [2.75, 3.05) is 0 Å². The van der Waals surface area contributed by atoms with Crippen LogP contribution < -0.4 is 0 Å². The number of nitrogens with one attached hydrogen (secondary N) is 1. The molecule has 1 N–H and O–H groups in total. The molecule has 3 aromatic rings. The third-order valence-electron chi connectivity index (χ3n) is 4.61. The molecule has 1 aliphatic rings. The number of Topliss-reactive ketones (excluding diaryl/α,β-unsaturated/α-hetero) is 2. The van der Waals surface area contributed by atoms with Gasteiger partial charge in [-0.05, 0) is 42.0 Å². The third-order valence-corrected chi connectivity index (χ3v) is 4.61. The van der Waals surface area contributed by atoms with Crippen molar-refractivity contribution < 1.29 is 9.59 Å². The van der Waals surface area contributed by atoms with Gasteiger partial charge in [-0.1, -0.05) is 64.1 Å². The molecule has 0 amide bonds. The van der Waals surface area contributed by atoms with E-state index in [9.17, 15) is 9.59 Å². The lowest BCUT2D eigenvalue weighted by Gasteiger charge is -2.04. The number of rotatable bonds is 4. The Morgan fingerprint density at radius 2 is 1.63 bits per heavy atom. The molecule has 1 heterocycles. The standard InChI is InChI=1S/C20H17NO2.2C2H6/c22-19(11-13-8-9-14-4-3-5-15(14)10-13)20(23)17-12-21-18-7-2-1-6-16(17)18;2*1-2/h1-2,6-10,12,21H,3-5,11H2;2*1-2H3. The number of benzene rings is 2. The van der Waals surface area contributed by atoms with Gasteiger partial charge in [-0.25, -0.2) is 0 Å². The molecule has 142 valence electrons. The van der Waals surface area contributed by atoms with E-state index in [0.29, 0.717) is 5.56 Å². The van der Waals surface area contributed by atoms with Gasteiger partial charge in [-0.2, -0.15) is 0 Å². The van der Waals surface area contributed by atoms with E-state index >= 15 is 0 Å². The number of carbonyl (C=O) groups is 2. The van der Waals surface area contributed by atoms with Crippen LogP contribution in [-0.4, -0.2) is 16.6 Å². The van der Waals surface area contributed by atoms with Gasteiger partial charge < -0.3 is 4.98 Å². The minimum atomic E-state index is -0.414. The highest BCUT2D eigenvalue weighted by molar-refractivity contribution is 6.46. The zero-order valence-corrected chi connectivity index (χ0v) is 16.8. The first kappa shape index (κ1) is 20.6. The first-order valence-electron chi connectivity index (χ1n) is 9.97. The summed E-state index contributed by atoms with van der Waals surface area (Å²) < 4.78 is 0. The Labute approximate surface area is 161 Å². The number of aromatic nitrogens is 1. The molecule has 1 aliphatic carbocycles. The molecular formula is C24H29NO2. The molecule has 0 radical (unpaired) electrons. The summed E-state index contributed by atoms with van der Waals surface area (Å²) in [5, 5.41) is 0.805. The largest absolute Gasteiger partial charge is 0.360 e. The molecule has 1 aromatic heterocycles. The van der Waals surface area contributed by atoms with Crippen LogP contribution in [0.5, 0.6) is 0 Å². The average molecular weight is 364 g/mol. The van der Waals surface area contributed by atoms with Crippen LogP contribution in [0.25, 0.3) is 10.9 Å². The normalized spacial score (nSPS) is 11.7. The molecule has 2 aromatic carbocycles. The third kappa shape index (κ3) is 4.54. The molecule has 0 spiro atoms. The fraction of sp³-hybridized carbons (Fsp3) is 0.333. The molecule has 0 bridgehead atoms. The summed E-state index contributed by atoms with van der Waals surface area (Å²) in [6.45, 7) is 8.00. The zero-order valence-electron chi connectivity index (χ0n) is 16.8. The minimum Gasteiger partial charge on any atom is -0.360 e. The molecule has 3 heteroatoms. The van der Waals surface area contributed by atoms with Gasteiger partial charge in [-0.3, -0.25) is 9.59 Å². The molecule has 27 heavy (non-hydrogen) atoms. The molecule has 0 fully saturated rings. The van der Waals surface area contributed by atoms with Crippen molar-refractivity contribution in [3.8, 4) is 0 Å². The molecule has 4 rings (SSSR count). The first-order chi connectivity index (χ1) is 13.2. The summed E-state index contributed by atoms with van der Waals surface area (Å²) >= 11 is 0. The van der Waals surface area contributed by atoms with E-state index in [1.807, 2.05) is 58.0 Å². The number of ketones is 2. The van der Waals surface area contributed by atoms with Gasteiger partial charge in [0.25, 0.3) is 0 Å². The number of aromatic amines is 1. The van der Waals surface area contributed by atoms with Gasteiger partial charge in [0.05, 0.1) is 5.56 Å². The van der Waals surface area contributed by atoms with Crippen molar-refractivity contribution in [3.63, 3.8) is 0 Å². The molecule has 0 unspecified atom stereocenters. The van der Waals surface area contributed by atoms with E-state index in [2.05, 4.69) is 17.1 Å². The Kier molecular flexibility index (Phi) is 7.54. The quantitative estimate of drug-likeness (QED) is 0.477. The lowest BCUT2D eigenvalue weighted by molar-refractivity contribution is -0.114. The van der Waals surface area contributed by atoms with E-state index in [0.717, 1.165) is 29.3 Å². The van der Waals surface area contributed by atoms with Crippen LogP contribution in [0.15, 0.2) is 48.7 Å². The van der Waals surface area contributed by atoms with E-state index in [4.69, 9.17) is 0 Å². The Hall–Kier alpha value is -2.68. The fourth-order valence-corrected chi connectivity index (χ4v) is 3.41. The van der Waals surface area contributed by atoms with Gasteiger partial charge in [0.2, 0.25) is 11.6 Å². The summed E-state index contributed by atoms with van der Waals surface area (Å²) in [4.78, 5) is 27.9. The number of carbonyl (C=O) groups excluding carboxylic acids is 2. The number of aryl methyl sites for hydroxylation is 2. The second-order valence-corrected chi connectivity index (χ2v) is 6.13. The van der Waals surface area contributed by atoms with Gasteiger partial charge in [0, 0.05) is 23.5 Å². The maximum Gasteiger partial charge on any atom is 0.231 e. The molecule has 0 atom stereocenters. The lowest BCUT2D eigenvalue weighted by Crippen LogP contribution is -2.16. The highest BCUT2D eigenvalue weighted by Gasteiger charge is 2.20. The summed E-state index contributed by atoms with van der Waals surface area (Å²) in [6.07, 6.45) is 5.19. The Morgan fingerprint density at radius 1 is 0.926 bits per heavy atom. The van der Waals surface area contributed by atoms with Crippen LogP contribution in [0, 0.1) is 0 Å². The van der Waals surface area contributed by atoms with Crippen LogP contribution in [-0.2, 0) is 24.1 Å². The topological polar surface area (TPSA) is 49.9 Å². The summed E-state index contributed by atoms with van der Waals surface area (Å²) in [7, 11) is 0. The van der Waals surface area contributed by atoms with E-state index < -0.39 is 5.78 Å². The zero-order chi connectivity index (χ0) is 19.8. The molecule has 0 aliphatic heterocycles. The van der Waals surface area contributed by atoms with Gasteiger partial charge in [-0.15, -0.1) is 0 Å². The Morgan fingerprint density at radius 3 is 2.41 bits per heavy atom. The minimum absolute atomic E-state index is 0.172. The number of hydrogen-bond acceptors (Lipinski definition) is 2. The van der Waals surface area contributed by atoms with Crippen LogP contribution in [0.2, 0.25) is 0 Å². The van der Waals surface area contributed by atoms with Crippen molar-refractivity contribution in [2.45, 2.75) is 53.4 Å². The number of fused-ring (bicyclic) bond motifs is 2. The Bertz CT molecular complexity index is 921. The highest BCUT2D eigenvalue weighted by Crippen LogP contribution is 2.24. The lowest BCUT2D eigenvalue weighted by atomic mass is 9.98. The molecule has 3 nitrogen and oxygen atoms in total. The van der Waals surface area contributed by atoms with Crippen LogP contribution >= 0.6 is 0 Å². The smallest absolute Gasteiger partial charge is 0.231 e. The van der Waals surface area contributed by atoms with Crippen molar-refractivity contribution >= 4 is 22.5 Å². The SMILES string of the molecule is CC.CC.O=C(Cc1ccc2c(c1)CCC2)C(=O)c1c[nH]c2ccccc12. The monoisotopic (exact) mass is 363 g/mol. The predicted molar refractivity (Wildman–Crippen MR) is 113 cm³/mol. The summed E-state index contributed by atoms with van der Waals surface area (Å²) in [5.41, 5.74) is 4.98. The molecule has 0 saturated heterocycles. The highest BCUT2D eigenvalue weighted by atomic mass is 16.2. The van der Waals surface area contributed by atoms with E-state index in [1.54, 1.807) is 6.20 Å². The van der Waals surface area contributed by atoms with E-state index in [1.165, 1.54) is 17.5 Å². The maximum absolute atomic E-state index is 12.5. The molecular weight excluding hydrogens is 334 g/mol. The molecule has 0 saturated carbocycles.